The van der Waals surface area contributed by atoms with Crippen LogP contribution in [0.15, 0.2) is 66.0 Å². The average Bonchev–Trinajstić information content (AvgIpc) is 3.24. The SMILES string of the molecule is c1csc(-c2ccc(Cc3ccc(OCC4CCCCN4)cc3)cc2)c1. The van der Waals surface area contributed by atoms with Gasteiger partial charge in [-0.15, -0.1) is 11.3 Å². The van der Waals surface area contributed by atoms with Crippen LogP contribution < -0.4 is 10.1 Å². The molecular weight excluding hydrogens is 338 g/mol. The van der Waals surface area contributed by atoms with Gasteiger partial charge >= 0.3 is 0 Å². The Morgan fingerprint density at radius 1 is 0.923 bits per heavy atom. The van der Waals surface area contributed by atoms with E-state index in [4.69, 9.17) is 4.74 Å². The van der Waals surface area contributed by atoms with Gasteiger partial charge in [-0.1, -0.05) is 48.9 Å². The van der Waals surface area contributed by atoms with Gasteiger partial charge in [0.25, 0.3) is 0 Å². The van der Waals surface area contributed by atoms with Crippen LogP contribution in [0.3, 0.4) is 0 Å². The Kier molecular flexibility index (Phi) is 5.68. The zero-order valence-corrected chi connectivity index (χ0v) is 15.8. The molecule has 26 heavy (non-hydrogen) atoms. The van der Waals surface area contributed by atoms with E-state index in [1.807, 2.05) is 0 Å². The Morgan fingerprint density at radius 3 is 2.35 bits per heavy atom. The van der Waals surface area contributed by atoms with Gasteiger partial charge < -0.3 is 10.1 Å². The van der Waals surface area contributed by atoms with Crippen LogP contribution in [0.25, 0.3) is 10.4 Å². The molecule has 3 heteroatoms. The highest BCUT2D eigenvalue weighted by atomic mass is 32.1. The molecule has 2 heterocycles. The van der Waals surface area contributed by atoms with Crippen LogP contribution in [-0.4, -0.2) is 19.2 Å². The molecule has 4 rings (SSSR count). The highest BCUT2D eigenvalue weighted by Crippen LogP contribution is 2.25. The van der Waals surface area contributed by atoms with Crippen molar-refractivity contribution in [2.24, 2.45) is 0 Å². The van der Waals surface area contributed by atoms with Crippen LogP contribution in [0.2, 0.25) is 0 Å². The third kappa shape index (κ3) is 4.54. The zero-order chi connectivity index (χ0) is 17.6. The first-order valence-electron chi connectivity index (χ1n) is 9.45. The fraction of sp³-hybridized carbons (Fsp3) is 0.304. The molecule has 1 N–H and O–H groups in total. The van der Waals surface area contributed by atoms with Crippen molar-refractivity contribution in [1.82, 2.24) is 5.32 Å². The molecule has 3 aromatic rings. The molecule has 1 saturated heterocycles. The Morgan fingerprint density at radius 2 is 1.69 bits per heavy atom. The van der Waals surface area contributed by atoms with Crippen molar-refractivity contribution in [2.45, 2.75) is 31.7 Å². The normalized spacial score (nSPS) is 17.2. The van der Waals surface area contributed by atoms with Crippen molar-refractivity contribution in [3.05, 3.63) is 77.2 Å². The van der Waals surface area contributed by atoms with E-state index in [0.29, 0.717) is 6.04 Å². The van der Waals surface area contributed by atoms with Gasteiger partial charge in [-0.3, -0.25) is 0 Å². The van der Waals surface area contributed by atoms with Gasteiger partial charge in [0, 0.05) is 10.9 Å². The van der Waals surface area contributed by atoms with Gasteiger partial charge in [0.2, 0.25) is 0 Å². The molecular formula is C23H25NOS. The van der Waals surface area contributed by atoms with E-state index in [-0.39, 0.29) is 0 Å². The minimum Gasteiger partial charge on any atom is -0.492 e. The van der Waals surface area contributed by atoms with Gasteiger partial charge in [-0.05, 0) is 66.1 Å². The number of hydrogen-bond donors (Lipinski definition) is 1. The molecule has 0 aliphatic carbocycles. The van der Waals surface area contributed by atoms with Crippen LogP contribution in [0, 0.1) is 0 Å². The van der Waals surface area contributed by atoms with Gasteiger partial charge in [0.15, 0.2) is 0 Å². The lowest BCUT2D eigenvalue weighted by Gasteiger charge is -2.23. The van der Waals surface area contributed by atoms with Gasteiger partial charge in [0.1, 0.15) is 12.4 Å². The third-order valence-electron chi connectivity index (χ3n) is 4.95. The summed E-state index contributed by atoms with van der Waals surface area (Å²) in [5.41, 5.74) is 3.95. The summed E-state index contributed by atoms with van der Waals surface area (Å²) in [6.45, 7) is 1.89. The van der Waals surface area contributed by atoms with E-state index in [2.05, 4.69) is 71.4 Å². The van der Waals surface area contributed by atoms with Crippen molar-refractivity contribution in [2.75, 3.05) is 13.2 Å². The number of nitrogens with one attached hydrogen (secondary N) is 1. The molecule has 134 valence electrons. The maximum atomic E-state index is 5.95. The minimum absolute atomic E-state index is 0.505. The first-order chi connectivity index (χ1) is 12.9. The van der Waals surface area contributed by atoms with E-state index in [1.54, 1.807) is 11.3 Å². The zero-order valence-electron chi connectivity index (χ0n) is 15.0. The molecule has 2 nitrogen and oxygen atoms in total. The molecule has 0 spiro atoms. The molecule has 2 aromatic carbocycles. The quantitative estimate of drug-likeness (QED) is 0.622. The molecule has 1 fully saturated rings. The highest BCUT2D eigenvalue weighted by Gasteiger charge is 2.12. The fourth-order valence-corrected chi connectivity index (χ4v) is 4.17. The van der Waals surface area contributed by atoms with Crippen molar-refractivity contribution < 1.29 is 4.74 Å². The first kappa shape index (κ1) is 17.3. The molecule has 1 aliphatic heterocycles. The summed E-state index contributed by atoms with van der Waals surface area (Å²) >= 11 is 1.78. The molecule has 1 atom stereocenters. The molecule has 0 bridgehead atoms. The fourth-order valence-electron chi connectivity index (χ4n) is 3.43. The Labute approximate surface area is 159 Å². The first-order valence-corrected chi connectivity index (χ1v) is 10.3. The molecule has 0 radical (unpaired) electrons. The van der Waals surface area contributed by atoms with Gasteiger partial charge in [-0.2, -0.15) is 0 Å². The second kappa shape index (κ2) is 8.52. The molecule has 1 unspecified atom stereocenters. The summed E-state index contributed by atoms with van der Waals surface area (Å²) in [7, 11) is 0. The second-order valence-corrected chi connectivity index (χ2v) is 7.90. The summed E-state index contributed by atoms with van der Waals surface area (Å²) in [6.07, 6.45) is 4.78. The number of hydrogen-bond acceptors (Lipinski definition) is 3. The standard InChI is InChI=1S/C23H25NOS/c1-2-14-24-21(4-1)17-25-22-12-8-19(9-13-22)16-18-6-10-20(11-7-18)23-5-3-15-26-23/h3,5-13,15,21,24H,1-2,4,14,16-17H2. The van der Waals surface area contributed by atoms with E-state index in [1.165, 1.54) is 40.8 Å². The minimum atomic E-state index is 0.505. The lowest BCUT2D eigenvalue weighted by atomic mass is 10.0. The van der Waals surface area contributed by atoms with Crippen molar-refractivity contribution in [1.29, 1.82) is 0 Å². The van der Waals surface area contributed by atoms with Crippen molar-refractivity contribution >= 4 is 11.3 Å². The Hall–Kier alpha value is -2.10. The summed E-state index contributed by atoms with van der Waals surface area (Å²) in [6, 6.07) is 22.2. The summed E-state index contributed by atoms with van der Waals surface area (Å²) in [5.74, 6) is 0.967. The van der Waals surface area contributed by atoms with Crippen LogP contribution in [-0.2, 0) is 6.42 Å². The summed E-state index contributed by atoms with van der Waals surface area (Å²) in [4.78, 5) is 1.32. The van der Waals surface area contributed by atoms with Crippen LogP contribution in [0.4, 0.5) is 0 Å². The molecule has 1 aliphatic rings. The summed E-state index contributed by atoms with van der Waals surface area (Å²) in [5, 5.41) is 5.65. The van der Waals surface area contributed by atoms with Crippen molar-refractivity contribution in [3.8, 4) is 16.2 Å². The largest absolute Gasteiger partial charge is 0.492 e. The smallest absolute Gasteiger partial charge is 0.119 e. The number of thiophene rings is 1. The number of ether oxygens (including phenoxy) is 1. The van der Waals surface area contributed by atoms with Gasteiger partial charge in [-0.25, -0.2) is 0 Å². The number of rotatable bonds is 6. The lowest BCUT2D eigenvalue weighted by Crippen LogP contribution is -2.38. The van der Waals surface area contributed by atoms with Crippen molar-refractivity contribution in [3.63, 3.8) is 0 Å². The highest BCUT2D eigenvalue weighted by molar-refractivity contribution is 7.13. The van der Waals surface area contributed by atoms with E-state index in [9.17, 15) is 0 Å². The van der Waals surface area contributed by atoms with Crippen LogP contribution in [0.5, 0.6) is 5.75 Å². The number of piperidine rings is 1. The maximum Gasteiger partial charge on any atom is 0.119 e. The predicted molar refractivity (Wildman–Crippen MR) is 110 cm³/mol. The second-order valence-electron chi connectivity index (χ2n) is 6.95. The topological polar surface area (TPSA) is 21.3 Å². The van der Waals surface area contributed by atoms with Crippen LogP contribution in [0.1, 0.15) is 30.4 Å². The monoisotopic (exact) mass is 363 g/mol. The molecule has 0 amide bonds. The molecule has 1 aromatic heterocycles. The lowest BCUT2D eigenvalue weighted by molar-refractivity contribution is 0.239. The Bertz CT molecular complexity index is 787. The summed E-state index contributed by atoms with van der Waals surface area (Å²) < 4.78 is 5.95. The van der Waals surface area contributed by atoms with E-state index < -0.39 is 0 Å². The number of benzene rings is 2. The molecule has 0 saturated carbocycles. The third-order valence-corrected chi connectivity index (χ3v) is 5.87. The van der Waals surface area contributed by atoms with Crippen LogP contribution >= 0.6 is 11.3 Å². The van der Waals surface area contributed by atoms with E-state index >= 15 is 0 Å². The predicted octanol–water partition coefficient (Wildman–Crippen LogP) is 5.53. The van der Waals surface area contributed by atoms with Gasteiger partial charge in [0.05, 0.1) is 0 Å². The maximum absolute atomic E-state index is 5.95. The van der Waals surface area contributed by atoms with E-state index in [0.717, 1.165) is 25.3 Å². The average molecular weight is 364 g/mol. The Balaban J connectivity index is 1.32.